The molecule has 1 amide bonds. The molecule has 0 radical (unpaired) electrons. The zero-order chi connectivity index (χ0) is 13.4. The van der Waals surface area contributed by atoms with Crippen LogP contribution in [0.15, 0.2) is 0 Å². The smallest absolute Gasteiger partial charge is 0.326 e. The monoisotopic (exact) mass is 246 g/mol. The summed E-state index contributed by atoms with van der Waals surface area (Å²) in [5.74, 6) is -3.31. The summed E-state index contributed by atoms with van der Waals surface area (Å²) in [6.07, 6.45) is 1.41. The molecule has 0 fully saturated rings. The molecule has 7 heteroatoms. The molecule has 17 heavy (non-hydrogen) atoms. The first-order valence-corrected chi connectivity index (χ1v) is 5.39. The van der Waals surface area contributed by atoms with E-state index in [1.807, 2.05) is 6.92 Å². The van der Waals surface area contributed by atoms with E-state index < -0.39 is 36.4 Å². The van der Waals surface area contributed by atoms with Crippen molar-refractivity contribution in [2.45, 2.75) is 44.7 Å². The molecule has 0 aliphatic heterocycles. The molecule has 0 bridgehead atoms. The van der Waals surface area contributed by atoms with Crippen molar-refractivity contribution in [1.82, 2.24) is 5.32 Å². The topological polar surface area (TPSA) is 130 Å². The minimum Gasteiger partial charge on any atom is -0.481 e. The minimum atomic E-state index is -1.44. The molecule has 5 N–H and O–H groups in total. The van der Waals surface area contributed by atoms with E-state index in [-0.39, 0.29) is 0 Å². The van der Waals surface area contributed by atoms with Crippen LogP contribution < -0.4 is 11.1 Å². The molecule has 0 spiro atoms. The summed E-state index contributed by atoms with van der Waals surface area (Å²) >= 11 is 0. The third-order valence-electron chi connectivity index (χ3n) is 2.20. The Bertz CT molecular complexity index is 292. The molecule has 0 aliphatic rings. The second kappa shape index (κ2) is 7.61. The van der Waals surface area contributed by atoms with Gasteiger partial charge in [0.2, 0.25) is 5.91 Å². The lowest BCUT2D eigenvalue weighted by atomic mass is 10.1. The summed E-state index contributed by atoms with van der Waals surface area (Å²) in [5, 5.41) is 19.3. The number of amides is 1. The molecular formula is C10H18N2O5. The van der Waals surface area contributed by atoms with Crippen molar-refractivity contribution >= 4 is 17.8 Å². The highest BCUT2D eigenvalue weighted by atomic mass is 16.4. The van der Waals surface area contributed by atoms with Gasteiger partial charge in [0.05, 0.1) is 12.5 Å². The fourth-order valence-corrected chi connectivity index (χ4v) is 1.21. The fraction of sp³-hybridized carbons (Fsp3) is 0.700. The summed E-state index contributed by atoms with van der Waals surface area (Å²) in [4.78, 5) is 32.5. The van der Waals surface area contributed by atoms with Crippen LogP contribution in [0.3, 0.4) is 0 Å². The zero-order valence-electron chi connectivity index (χ0n) is 9.68. The number of carboxylic acids is 2. The van der Waals surface area contributed by atoms with Gasteiger partial charge >= 0.3 is 11.9 Å². The molecule has 0 aromatic rings. The van der Waals surface area contributed by atoms with Gasteiger partial charge in [-0.2, -0.15) is 0 Å². The number of hydrogen-bond acceptors (Lipinski definition) is 4. The van der Waals surface area contributed by atoms with Crippen molar-refractivity contribution in [2.24, 2.45) is 5.73 Å². The van der Waals surface area contributed by atoms with Crippen LogP contribution in [0.5, 0.6) is 0 Å². The van der Waals surface area contributed by atoms with Crippen molar-refractivity contribution in [3.8, 4) is 0 Å². The highest BCUT2D eigenvalue weighted by molar-refractivity contribution is 5.88. The molecule has 0 aromatic carbocycles. The van der Waals surface area contributed by atoms with E-state index in [4.69, 9.17) is 15.9 Å². The third kappa shape index (κ3) is 6.52. The first-order valence-electron chi connectivity index (χ1n) is 5.39. The Balaban J connectivity index is 4.29. The minimum absolute atomic E-state index is 0.446. The molecule has 7 nitrogen and oxygen atoms in total. The van der Waals surface area contributed by atoms with Gasteiger partial charge < -0.3 is 21.3 Å². The maximum atomic E-state index is 11.5. The molecule has 0 heterocycles. The first-order chi connectivity index (χ1) is 7.88. The van der Waals surface area contributed by atoms with E-state index in [0.29, 0.717) is 6.42 Å². The molecule has 0 aliphatic carbocycles. The van der Waals surface area contributed by atoms with Crippen LogP contribution in [0.1, 0.15) is 32.6 Å². The number of rotatable bonds is 8. The van der Waals surface area contributed by atoms with E-state index in [9.17, 15) is 14.4 Å². The second-order valence-corrected chi connectivity index (χ2v) is 3.75. The Morgan fingerprint density at radius 2 is 1.88 bits per heavy atom. The van der Waals surface area contributed by atoms with Gasteiger partial charge in [-0.25, -0.2) is 4.79 Å². The second-order valence-electron chi connectivity index (χ2n) is 3.75. The van der Waals surface area contributed by atoms with Crippen molar-refractivity contribution in [3.05, 3.63) is 0 Å². The average molecular weight is 246 g/mol. The quantitative estimate of drug-likeness (QED) is 0.459. The van der Waals surface area contributed by atoms with Crippen LogP contribution in [0, 0.1) is 0 Å². The predicted molar refractivity (Wildman–Crippen MR) is 59.3 cm³/mol. The Kier molecular flexibility index (Phi) is 6.88. The maximum absolute atomic E-state index is 11.5. The molecule has 98 valence electrons. The standard InChI is InChI=1S/C10H18N2O5/c1-2-3-4-6(11)9(15)12-7(10(16)17)5-8(13)14/h6-7H,2-5,11H2,1H3,(H,12,15)(H,13,14)(H,16,17)/t6-,7?/m0/s1. The zero-order valence-corrected chi connectivity index (χ0v) is 9.68. The van der Waals surface area contributed by atoms with E-state index in [0.717, 1.165) is 12.8 Å². The van der Waals surface area contributed by atoms with E-state index in [1.165, 1.54) is 0 Å². The van der Waals surface area contributed by atoms with Gasteiger partial charge in [-0.1, -0.05) is 19.8 Å². The van der Waals surface area contributed by atoms with Crippen molar-refractivity contribution in [2.75, 3.05) is 0 Å². The highest BCUT2D eigenvalue weighted by Gasteiger charge is 2.25. The SMILES string of the molecule is CCCC[C@H](N)C(=O)NC(CC(=O)O)C(=O)O. The number of hydrogen-bond donors (Lipinski definition) is 4. The normalized spacial score (nSPS) is 13.8. The number of nitrogens with two attached hydrogens (primary N) is 1. The number of unbranched alkanes of at least 4 members (excludes halogenated alkanes) is 1. The number of carboxylic acid groups (broad SMARTS) is 2. The Morgan fingerprint density at radius 1 is 1.29 bits per heavy atom. The molecule has 0 saturated carbocycles. The fourth-order valence-electron chi connectivity index (χ4n) is 1.21. The van der Waals surface area contributed by atoms with Crippen molar-refractivity contribution < 1.29 is 24.6 Å². The number of aliphatic carboxylic acids is 2. The summed E-state index contributed by atoms with van der Waals surface area (Å²) in [7, 11) is 0. The lowest BCUT2D eigenvalue weighted by Crippen LogP contribution is -2.49. The van der Waals surface area contributed by atoms with Crippen LogP contribution in [-0.2, 0) is 14.4 Å². The summed E-state index contributed by atoms with van der Waals surface area (Å²) < 4.78 is 0. The molecule has 1 unspecified atom stereocenters. The number of carbonyl (C=O) groups excluding carboxylic acids is 1. The lowest BCUT2D eigenvalue weighted by Gasteiger charge is -2.16. The van der Waals surface area contributed by atoms with Gasteiger partial charge in [0.15, 0.2) is 0 Å². The largest absolute Gasteiger partial charge is 0.481 e. The summed E-state index contributed by atoms with van der Waals surface area (Å²) in [6, 6.07) is -2.24. The van der Waals surface area contributed by atoms with Gasteiger partial charge in [0, 0.05) is 0 Å². The molecular weight excluding hydrogens is 228 g/mol. The molecule has 2 atom stereocenters. The Hall–Kier alpha value is -1.63. The van der Waals surface area contributed by atoms with E-state index in [1.54, 1.807) is 0 Å². The summed E-state index contributed by atoms with van der Waals surface area (Å²) in [6.45, 7) is 1.94. The van der Waals surface area contributed by atoms with Crippen LogP contribution in [0.4, 0.5) is 0 Å². The molecule has 0 aromatic heterocycles. The first kappa shape index (κ1) is 15.4. The van der Waals surface area contributed by atoms with Crippen molar-refractivity contribution in [3.63, 3.8) is 0 Å². The van der Waals surface area contributed by atoms with Crippen LogP contribution >= 0.6 is 0 Å². The van der Waals surface area contributed by atoms with Gasteiger partial charge in [-0.15, -0.1) is 0 Å². The van der Waals surface area contributed by atoms with Crippen molar-refractivity contribution in [1.29, 1.82) is 0 Å². The Labute approximate surface area is 99.0 Å². The predicted octanol–water partition coefficient (Wildman–Crippen LogP) is -0.452. The summed E-state index contributed by atoms with van der Waals surface area (Å²) in [5.41, 5.74) is 5.53. The molecule has 0 saturated heterocycles. The third-order valence-corrected chi connectivity index (χ3v) is 2.20. The average Bonchev–Trinajstić information content (AvgIpc) is 2.23. The van der Waals surface area contributed by atoms with Crippen LogP contribution in [0.25, 0.3) is 0 Å². The lowest BCUT2D eigenvalue weighted by molar-refractivity contribution is -0.147. The highest BCUT2D eigenvalue weighted by Crippen LogP contribution is 2.00. The number of nitrogens with one attached hydrogen (secondary N) is 1. The van der Waals surface area contributed by atoms with Gasteiger partial charge in [-0.3, -0.25) is 9.59 Å². The van der Waals surface area contributed by atoms with Gasteiger partial charge in [0.1, 0.15) is 6.04 Å². The van der Waals surface area contributed by atoms with E-state index in [2.05, 4.69) is 5.32 Å². The maximum Gasteiger partial charge on any atom is 0.326 e. The Morgan fingerprint density at radius 3 is 2.29 bits per heavy atom. The number of carbonyl (C=O) groups is 3. The van der Waals surface area contributed by atoms with E-state index >= 15 is 0 Å². The van der Waals surface area contributed by atoms with Crippen LogP contribution in [0.2, 0.25) is 0 Å². The van der Waals surface area contributed by atoms with Crippen LogP contribution in [-0.4, -0.2) is 40.1 Å². The van der Waals surface area contributed by atoms with Gasteiger partial charge in [-0.05, 0) is 6.42 Å². The molecule has 0 rings (SSSR count). The van der Waals surface area contributed by atoms with Gasteiger partial charge in [0.25, 0.3) is 0 Å².